The Bertz CT molecular complexity index is 1130. The summed E-state index contributed by atoms with van der Waals surface area (Å²) in [5.74, 6) is 0. The fourth-order valence-corrected chi connectivity index (χ4v) is 5.70. The monoisotopic (exact) mass is 448 g/mol. The smallest absolute Gasteiger partial charge is 0.407 e. The van der Waals surface area contributed by atoms with Crippen molar-refractivity contribution in [1.29, 1.82) is 0 Å². The van der Waals surface area contributed by atoms with Gasteiger partial charge in [-0.1, -0.05) is 62.7 Å². The van der Waals surface area contributed by atoms with Crippen LogP contribution in [0.25, 0.3) is 21.6 Å². The normalized spacial score (nSPS) is 17.0. The zero-order chi connectivity index (χ0) is 23.0. The van der Waals surface area contributed by atoms with Gasteiger partial charge in [-0.05, 0) is 47.9 Å². The topological polar surface area (TPSA) is 43.8 Å². The summed E-state index contributed by atoms with van der Waals surface area (Å²) >= 11 is 1.77. The largest absolute Gasteiger partial charge is 0.465 e. The minimum absolute atomic E-state index is 0.0658. The number of thiophene rings is 1. The van der Waals surface area contributed by atoms with Crippen LogP contribution in [-0.2, 0) is 0 Å². The summed E-state index contributed by atoms with van der Waals surface area (Å²) < 4.78 is 0. The molecule has 0 aliphatic carbocycles. The molecule has 1 unspecified atom stereocenters. The highest BCUT2D eigenvalue weighted by Gasteiger charge is 2.38. The number of rotatable bonds is 3. The third-order valence-corrected chi connectivity index (χ3v) is 7.40. The molecule has 0 saturated carbocycles. The van der Waals surface area contributed by atoms with Crippen LogP contribution in [0.15, 0.2) is 53.9 Å². The first-order valence-electron chi connectivity index (χ1n) is 11.2. The van der Waals surface area contributed by atoms with Gasteiger partial charge in [-0.15, -0.1) is 11.3 Å². The minimum Gasteiger partial charge on any atom is -0.465 e. The number of hydrogen-bond acceptors (Lipinski definition) is 3. The van der Waals surface area contributed by atoms with Gasteiger partial charge in [-0.2, -0.15) is 0 Å². The van der Waals surface area contributed by atoms with Crippen LogP contribution in [0.3, 0.4) is 0 Å². The average Bonchev–Trinajstić information content (AvgIpc) is 3.22. The molecule has 2 heterocycles. The fraction of sp³-hybridized carbons (Fsp3) is 0.370. The maximum atomic E-state index is 11.9. The lowest BCUT2D eigenvalue weighted by Gasteiger charge is -2.47. The molecule has 1 N–H and O–H groups in total. The second kappa shape index (κ2) is 8.62. The maximum Gasteiger partial charge on any atom is 0.407 e. The van der Waals surface area contributed by atoms with Crippen molar-refractivity contribution in [3.8, 4) is 21.6 Å². The van der Waals surface area contributed by atoms with Crippen molar-refractivity contribution in [2.75, 3.05) is 24.5 Å². The molecule has 1 atom stereocenters. The zero-order valence-electron chi connectivity index (χ0n) is 19.6. The minimum atomic E-state index is -0.826. The Morgan fingerprint density at radius 3 is 2.44 bits per heavy atom. The Balaban J connectivity index is 1.74. The van der Waals surface area contributed by atoms with Gasteiger partial charge < -0.3 is 14.9 Å². The van der Waals surface area contributed by atoms with Gasteiger partial charge in [0, 0.05) is 41.3 Å². The second-order valence-corrected chi connectivity index (χ2v) is 10.7. The van der Waals surface area contributed by atoms with Crippen molar-refractivity contribution in [2.24, 2.45) is 5.41 Å². The van der Waals surface area contributed by atoms with Crippen molar-refractivity contribution < 1.29 is 9.90 Å². The molecule has 0 radical (unpaired) electrons. The molecular formula is C27H32N2O2S. The lowest BCUT2D eigenvalue weighted by atomic mass is 9.84. The number of aryl methyl sites for hydroxylation is 2. The van der Waals surface area contributed by atoms with E-state index in [1.54, 1.807) is 16.2 Å². The van der Waals surface area contributed by atoms with Gasteiger partial charge in [0.25, 0.3) is 0 Å². The molecule has 0 spiro atoms. The molecule has 0 bridgehead atoms. The molecule has 3 aromatic rings. The van der Waals surface area contributed by atoms with Gasteiger partial charge in [-0.3, -0.25) is 0 Å². The van der Waals surface area contributed by atoms with E-state index in [1.807, 2.05) is 0 Å². The highest BCUT2D eigenvalue weighted by molar-refractivity contribution is 7.14. The molecule has 32 heavy (non-hydrogen) atoms. The third kappa shape index (κ3) is 4.26. The summed E-state index contributed by atoms with van der Waals surface area (Å²) in [5, 5.41) is 11.9. The molecule has 2 aromatic carbocycles. The van der Waals surface area contributed by atoms with Crippen LogP contribution >= 0.6 is 11.3 Å². The van der Waals surface area contributed by atoms with E-state index in [2.05, 4.69) is 93.4 Å². The van der Waals surface area contributed by atoms with Crippen LogP contribution in [0.4, 0.5) is 10.5 Å². The molecule has 1 aliphatic heterocycles. The molecule has 5 heteroatoms. The quantitative estimate of drug-likeness (QED) is 0.473. The van der Waals surface area contributed by atoms with E-state index >= 15 is 0 Å². The van der Waals surface area contributed by atoms with Crippen molar-refractivity contribution >= 4 is 23.1 Å². The number of hydrogen-bond donors (Lipinski definition) is 1. The Labute approximate surface area is 195 Å². The van der Waals surface area contributed by atoms with Gasteiger partial charge in [0.1, 0.15) is 0 Å². The van der Waals surface area contributed by atoms with E-state index in [-0.39, 0.29) is 11.5 Å². The predicted octanol–water partition coefficient (Wildman–Crippen LogP) is 6.91. The predicted molar refractivity (Wildman–Crippen MR) is 135 cm³/mol. The Hall–Kier alpha value is -2.79. The molecule has 168 valence electrons. The molecule has 1 saturated heterocycles. The number of carbonyl (C=O) groups is 1. The zero-order valence-corrected chi connectivity index (χ0v) is 20.4. The number of amides is 1. The first-order chi connectivity index (χ1) is 15.2. The number of benzene rings is 2. The molecular weight excluding hydrogens is 416 g/mol. The first-order valence-corrected chi connectivity index (χ1v) is 12.0. The number of carboxylic acid groups (broad SMARTS) is 1. The molecule has 1 amide bonds. The highest BCUT2D eigenvalue weighted by Crippen LogP contribution is 2.43. The van der Waals surface area contributed by atoms with Gasteiger partial charge >= 0.3 is 6.09 Å². The Morgan fingerprint density at radius 2 is 1.75 bits per heavy atom. The van der Waals surface area contributed by atoms with Crippen LogP contribution < -0.4 is 4.90 Å². The van der Waals surface area contributed by atoms with E-state index in [9.17, 15) is 9.90 Å². The molecule has 4 rings (SSSR count). The SMILES string of the molecule is Cc1ccc(-c2ccsc2-c2ccccc2N2CCN(C(=O)O)C(C(C)(C)C)C2)c(C)c1. The van der Waals surface area contributed by atoms with Crippen molar-refractivity contribution in [2.45, 2.75) is 40.7 Å². The maximum absolute atomic E-state index is 11.9. The first kappa shape index (κ1) is 22.4. The Morgan fingerprint density at radius 1 is 1.00 bits per heavy atom. The fourth-order valence-electron chi connectivity index (χ4n) is 4.76. The number of nitrogens with zero attached hydrogens (tertiary/aromatic N) is 2. The van der Waals surface area contributed by atoms with Crippen LogP contribution in [0.5, 0.6) is 0 Å². The van der Waals surface area contributed by atoms with Crippen LogP contribution in [0.2, 0.25) is 0 Å². The molecule has 1 aromatic heterocycles. The summed E-state index contributed by atoms with van der Waals surface area (Å²) in [7, 11) is 0. The summed E-state index contributed by atoms with van der Waals surface area (Å²) in [6.07, 6.45) is -0.826. The number of anilines is 1. The van der Waals surface area contributed by atoms with E-state index in [4.69, 9.17) is 0 Å². The van der Waals surface area contributed by atoms with Gasteiger partial charge in [0.15, 0.2) is 0 Å². The van der Waals surface area contributed by atoms with Crippen molar-refractivity contribution in [3.05, 3.63) is 65.0 Å². The van der Waals surface area contributed by atoms with E-state index in [0.29, 0.717) is 19.6 Å². The van der Waals surface area contributed by atoms with Crippen molar-refractivity contribution in [3.63, 3.8) is 0 Å². The summed E-state index contributed by atoms with van der Waals surface area (Å²) in [5.41, 5.74) is 7.34. The van der Waals surface area contributed by atoms with Gasteiger partial charge in [0.05, 0.1) is 6.04 Å². The van der Waals surface area contributed by atoms with Crippen LogP contribution in [0, 0.1) is 19.3 Å². The molecule has 1 fully saturated rings. The number of para-hydroxylation sites is 1. The standard InChI is InChI=1S/C27H32N2O2S/c1-18-10-11-20(19(2)16-18)21-12-15-32-25(21)22-8-6-7-9-23(22)28-13-14-29(26(30)31)24(17-28)27(3,4)5/h6-12,15-16,24H,13-14,17H2,1-5H3,(H,30,31). The van der Waals surface area contributed by atoms with Crippen LogP contribution in [-0.4, -0.2) is 41.8 Å². The lowest BCUT2D eigenvalue weighted by Crippen LogP contribution is -2.59. The second-order valence-electron chi connectivity index (χ2n) is 9.80. The van der Waals surface area contributed by atoms with Crippen LogP contribution in [0.1, 0.15) is 31.9 Å². The number of piperazine rings is 1. The Kier molecular flexibility index (Phi) is 6.04. The van der Waals surface area contributed by atoms with E-state index in [0.717, 1.165) is 0 Å². The summed E-state index contributed by atoms with van der Waals surface area (Å²) in [4.78, 5) is 17.1. The van der Waals surface area contributed by atoms with Crippen molar-refractivity contribution in [1.82, 2.24) is 4.90 Å². The summed E-state index contributed by atoms with van der Waals surface area (Å²) in [6, 6.07) is 17.3. The van der Waals surface area contributed by atoms with E-state index < -0.39 is 6.09 Å². The summed E-state index contributed by atoms with van der Waals surface area (Å²) in [6.45, 7) is 12.6. The van der Waals surface area contributed by atoms with Gasteiger partial charge in [0.2, 0.25) is 0 Å². The molecule has 1 aliphatic rings. The lowest BCUT2D eigenvalue weighted by molar-refractivity contribution is 0.0749. The van der Waals surface area contributed by atoms with Gasteiger partial charge in [-0.25, -0.2) is 4.79 Å². The third-order valence-electron chi connectivity index (χ3n) is 6.45. The molecule has 4 nitrogen and oxygen atoms in total. The highest BCUT2D eigenvalue weighted by atomic mass is 32.1. The van der Waals surface area contributed by atoms with E-state index in [1.165, 1.54) is 38.4 Å². The average molecular weight is 449 g/mol.